The van der Waals surface area contributed by atoms with Crippen LogP contribution in [0.4, 0.5) is 0 Å². The Balaban J connectivity index is 2.86. The Morgan fingerprint density at radius 2 is 2.18 bits per heavy atom. The van der Waals surface area contributed by atoms with E-state index in [-0.39, 0.29) is 0 Å². The first kappa shape index (κ1) is 6.95. The zero-order valence-electron chi connectivity index (χ0n) is 5.44. The predicted octanol–water partition coefficient (Wildman–Crippen LogP) is 2.87. The third-order valence-electron chi connectivity index (χ3n) is 1.45. The number of nitrogens with one attached hydrogen (secondary N) is 1. The summed E-state index contributed by atoms with van der Waals surface area (Å²) in [6, 6.07) is 3.67. The van der Waals surface area contributed by atoms with Gasteiger partial charge >= 0.3 is 0 Å². The molecular formula is C7H4Cl2N2. The van der Waals surface area contributed by atoms with E-state index in [4.69, 9.17) is 23.2 Å². The summed E-state index contributed by atoms with van der Waals surface area (Å²) in [4.78, 5) is 6.95. The van der Waals surface area contributed by atoms with Crippen molar-refractivity contribution in [3.8, 4) is 0 Å². The van der Waals surface area contributed by atoms with Gasteiger partial charge in [0.25, 0.3) is 0 Å². The molecule has 2 aromatic rings. The first-order chi connectivity index (χ1) is 5.27. The summed E-state index contributed by atoms with van der Waals surface area (Å²) in [5, 5.41) is 1.79. The second-order valence-electron chi connectivity index (χ2n) is 2.18. The Morgan fingerprint density at radius 3 is 3.00 bits per heavy atom. The summed E-state index contributed by atoms with van der Waals surface area (Å²) in [5.41, 5.74) is 0.763. The van der Waals surface area contributed by atoms with Crippen molar-refractivity contribution in [3.05, 3.63) is 28.5 Å². The highest BCUT2D eigenvalue weighted by atomic mass is 35.5. The average Bonchev–Trinajstić information content (AvgIpc) is 2.36. The van der Waals surface area contributed by atoms with Crippen molar-refractivity contribution >= 4 is 34.2 Å². The van der Waals surface area contributed by atoms with Gasteiger partial charge in [0.05, 0.1) is 5.02 Å². The zero-order valence-corrected chi connectivity index (χ0v) is 6.95. The maximum Gasteiger partial charge on any atom is 0.150 e. The van der Waals surface area contributed by atoms with Gasteiger partial charge in [-0.25, -0.2) is 4.98 Å². The molecule has 1 N–H and O–H groups in total. The molecule has 0 spiro atoms. The summed E-state index contributed by atoms with van der Waals surface area (Å²) in [5.74, 6) is 0. The quantitative estimate of drug-likeness (QED) is 0.631. The van der Waals surface area contributed by atoms with E-state index in [0.717, 1.165) is 11.0 Å². The molecule has 56 valence electrons. The van der Waals surface area contributed by atoms with E-state index in [1.165, 1.54) is 0 Å². The molecule has 0 saturated heterocycles. The molecule has 4 heteroatoms. The minimum absolute atomic E-state index is 0.335. The third-order valence-corrected chi connectivity index (χ3v) is 2.12. The van der Waals surface area contributed by atoms with E-state index >= 15 is 0 Å². The van der Waals surface area contributed by atoms with Crippen molar-refractivity contribution in [2.24, 2.45) is 0 Å². The molecule has 0 aliphatic rings. The Labute approximate surface area is 73.1 Å². The number of hydrogen-bond donors (Lipinski definition) is 1. The average molecular weight is 187 g/mol. The molecule has 0 bridgehead atoms. The Kier molecular flexibility index (Phi) is 1.51. The van der Waals surface area contributed by atoms with Crippen LogP contribution in [0.25, 0.3) is 11.0 Å². The maximum atomic E-state index is 5.74. The van der Waals surface area contributed by atoms with Crippen LogP contribution in [0.15, 0.2) is 18.3 Å². The maximum absolute atomic E-state index is 5.74. The number of rotatable bonds is 0. The van der Waals surface area contributed by atoms with Gasteiger partial charge < -0.3 is 4.98 Å². The van der Waals surface area contributed by atoms with Crippen molar-refractivity contribution in [1.29, 1.82) is 0 Å². The third kappa shape index (κ3) is 1.08. The summed E-state index contributed by atoms with van der Waals surface area (Å²) in [6.45, 7) is 0. The van der Waals surface area contributed by atoms with Crippen LogP contribution in [0.1, 0.15) is 0 Å². The molecule has 0 radical (unpaired) electrons. The van der Waals surface area contributed by atoms with Crippen LogP contribution in [0, 0.1) is 0 Å². The van der Waals surface area contributed by atoms with Crippen LogP contribution in [0.3, 0.4) is 0 Å². The van der Waals surface area contributed by atoms with Gasteiger partial charge in [0.2, 0.25) is 0 Å². The lowest BCUT2D eigenvalue weighted by atomic mass is 10.3. The number of pyridine rings is 1. The highest BCUT2D eigenvalue weighted by molar-refractivity contribution is 6.41. The first-order valence-corrected chi connectivity index (χ1v) is 3.82. The second-order valence-corrected chi connectivity index (χ2v) is 2.94. The minimum Gasteiger partial charge on any atom is -0.346 e. The van der Waals surface area contributed by atoms with E-state index in [2.05, 4.69) is 9.97 Å². The molecule has 0 saturated carbocycles. The lowest BCUT2D eigenvalue weighted by Gasteiger charge is -1.93. The summed E-state index contributed by atoms with van der Waals surface area (Å²) >= 11 is 11.4. The molecule has 0 aliphatic carbocycles. The molecule has 0 aromatic carbocycles. The van der Waals surface area contributed by atoms with Crippen LogP contribution in [0.5, 0.6) is 0 Å². The highest BCUT2D eigenvalue weighted by Crippen LogP contribution is 2.23. The monoisotopic (exact) mass is 186 g/mol. The molecule has 0 unspecified atom stereocenters. The van der Waals surface area contributed by atoms with Gasteiger partial charge in [-0.2, -0.15) is 0 Å². The molecule has 0 atom stereocenters. The molecule has 0 fully saturated rings. The van der Waals surface area contributed by atoms with Gasteiger partial charge in [-0.3, -0.25) is 0 Å². The van der Waals surface area contributed by atoms with E-state index in [0.29, 0.717) is 10.2 Å². The lowest BCUT2D eigenvalue weighted by molar-refractivity contribution is 1.33. The molecule has 2 heterocycles. The van der Waals surface area contributed by atoms with Gasteiger partial charge in [-0.1, -0.05) is 23.2 Å². The van der Waals surface area contributed by atoms with E-state index < -0.39 is 0 Å². The highest BCUT2D eigenvalue weighted by Gasteiger charge is 2.01. The van der Waals surface area contributed by atoms with Crippen LogP contribution in [-0.2, 0) is 0 Å². The van der Waals surface area contributed by atoms with Gasteiger partial charge in [-0.15, -0.1) is 0 Å². The number of hydrogen-bond acceptors (Lipinski definition) is 1. The topological polar surface area (TPSA) is 28.7 Å². The molecule has 2 nitrogen and oxygen atoms in total. The Hall–Kier alpha value is -0.730. The first-order valence-electron chi connectivity index (χ1n) is 3.06. The number of nitrogens with zero attached hydrogens (tertiary/aromatic N) is 1. The SMILES string of the molecule is Clc1cc2cc[nH]c2nc1Cl. The molecule has 0 aliphatic heterocycles. The minimum atomic E-state index is 0.335. The standard InChI is InChI=1S/C7H4Cl2N2/c8-5-3-4-1-2-10-7(4)11-6(5)9/h1-3H,(H,10,11). The largest absolute Gasteiger partial charge is 0.346 e. The normalized spacial score (nSPS) is 10.7. The summed E-state index contributed by atoms with van der Waals surface area (Å²) in [6.07, 6.45) is 1.80. The molecule has 2 rings (SSSR count). The van der Waals surface area contributed by atoms with Gasteiger partial charge in [0.1, 0.15) is 10.8 Å². The van der Waals surface area contributed by atoms with Crippen molar-refractivity contribution in [2.75, 3.05) is 0 Å². The fourth-order valence-corrected chi connectivity index (χ4v) is 1.23. The number of halogens is 2. The van der Waals surface area contributed by atoms with Gasteiger partial charge in [-0.05, 0) is 12.1 Å². The number of aromatic amines is 1. The Bertz CT molecular complexity index is 358. The Morgan fingerprint density at radius 1 is 1.36 bits per heavy atom. The summed E-state index contributed by atoms with van der Waals surface area (Å²) in [7, 11) is 0. The lowest BCUT2D eigenvalue weighted by Crippen LogP contribution is -1.77. The van der Waals surface area contributed by atoms with Crippen LogP contribution >= 0.6 is 23.2 Å². The van der Waals surface area contributed by atoms with E-state index in [9.17, 15) is 0 Å². The second kappa shape index (κ2) is 2.40. The number of aromatic nitrogens is 2. The molecule has 11 heavy (non-hydrogen) atoms. The van der Waals surface area contributed by atoms with Crippen LogP contribution < -0.4 is 0 Å². The van der Waals surface area contributed by atoms with Crippen LogP contribution in [0.2, 0.25) is 10.2 Å². The number of fused-ring (bicyclic) bond motifs is 1. The molecule has 0 amide bonds. The smallest absolute Gasteiger partial charge is 0.150 e. The molecule has 2 aromatic heterocycles. The van der Waals surface area contributed by atoms with Gasteiger partial charge in [0, 0.05) is 11.6 Å². The number of H-pyrrole nitrogens is 1. The van der Waals surface area contributed by atoms with Crippen molar-refractivity contribution < 1.29 is 0 Å². The van der Waals surface area contributed by atoms with Crippen molar-refractivity contribution in [3.63, 3.8) is 0 Å². The fourth-order valence-electron chi connectivity index (χ4n) is 0.934. The fraction of sp³-hybridized carbons (Fsp3) is 0. The summed E-state index contributed by atoms with van der Waals surface area (Å²) < 4.78 is 0. The zero-order chi connectivity index (χ0) is 7.84. The molecular weight excluding hydrogens is 183 g/mol. The predicted molar refractivity (Wildman–Crippen MR) is 46.1 cm³/mol. The van der Waals surface area contributed by atoms with Crippen molar-refractivity contribution in [1.82, 2.24) is 9.97 Å². The van der Waals surface area contributed by atoms with Gasteiger partial charge in [0.15, 0.2) is 0 Å². The van der Waals surface area contributed by atoms with Crippen molar-refractivity contribution in [2.45, 2.75) is 0 Å². The van der Waals surface area contributed by atoms with E-state index in [1.807, 2.05) is 6.07 Å². The van der Waals surface area contributed by atoms with Crippen LogP contribution in [-0.4, -0.2) is 9.97 Å². The van der Waals surface area contributed by atoms with E-state index in [1.54, 1.807) is 12.3 Å².